The molecular formula is C9H15ClN4O2S. The topological polar surface area (TPSA) is 77.0 Å². The maximum atomic E-state index is 11.0. The third-order valence-electron chi connectivity index (χ3n) is 1.98. The van der Waals surface area contributed by atoms with Crippen molar-refractivity contribution in [3.05, 3.63) is 5.28 Å². The van der Waals surface area contributed by atoms with E-state index in [-0.39, 0.29) is 17.3 Å². The van der Waals surface area contributed by atoms with Gasteiger partial charge in [0, 0.05) is 28.9 Å². The van der Waals surface area contributed by atoms with E-state index in [4.69, 9.17) is 16.3 Å². The lowest BCUT2D eigenvalue weighted by Gasteiger charge is -2.13. The predicted molar refractivity (Wildman–Crippen MR) is 68.0 cm³/mol. The number of nitrogens with zero attached hydrogens (tertiary/aromatic N) is 3. The van der Waals surface area contributed by atoms with E-state index < -0.39 is 10.8 Å². The van der Waals surface area contributed by atoms with Gasteiger partial charge in [-0.05, 0) is 24.9 Å². The van der Waals surface area contributed by atoms with Gasteiger partial charge in [-0.25, -0.2) is 0 Å². The van der Waals surface area contributed by atoms with Gasteiger partial charge in [-0.3, -0.25) is 4.21 Å². The third-order valence-corrected chi connectivity index (χ3v) is 2.96. The van der Waals surface area contributed by atoms with Crippen molar-refractivity contribution in [1.82, 2.24) is 15.0 Å². The lowest BCUT2D eigenvalue weighted by atomic mass is 10.3. The summed E-state index contributed by atoms with van der Waals surface area (Å²) in [6.45, 7) is 1.96. The molecule has 8 heteroatoms. The van der Waals surface area contributed by atoms with E-state index in [1.807, 2.05) is 6.92 Å². The molecule has 1 N–H and O–H groups in total. The highest BCUT2D eigenvalue weighted by molar-refractivity contribution is 7.84. The number of aromatic nitrogens is 3. The SMILES string of the molecule is COc1nc(Cl)nc(NC(C)CCS(C)=O)n1. The number of methoxy groups -OCH3 is 1. The van der Waals surface area contributed by atoms with Crippen LogP contribution >= 0.6 is 11.6 Å². The first-order valence-electron chi connectivity index (χ1n) is 5.03. The second-order valence-electron chi connectivity index (χ2n) is 3.53. The molecule has 1 aromatic rings. The van der Waals surface area contributed by atoms with E-state index in [0.29, 0.717) is 11.7 Å². The molecule has 1 heterocycles. The third kappa shape index (κ3) is 5.27. The van der Waals surface area contributed by atoms with Crippen LogP contribution in [0.5, 0.6) is 6.01 Å². The second kappa shape index (κ2) is 6.70. The molecule has 0 fully saturated rings. The number of rotatable bonds is 6. The van der Waals surface area contributed by atoms with Gasteiger partial charge in [0.25, 0.3) is 0 Å². The highest BCUT2D eigenvalue weighted by atomic mass is 35.5. The Balaban J connectivity index is 2.61. The van der Waals surface area contributed by atoms with Crippen LogP contribution in [0, 0.1) is 0 Å². The van der Waals surface area contributed by atoms with Gasteiger partial charge < -0.3 is 10.1 Å². The Morgan fingerprint density at radius 3 is 2.76 bits per heavy atom. The highest BCUT2D eigenvalue weighted by Crippen LogP contribution is 2.12. The number of hydrogen-bond acceptors (Lipinski definition) is 6. The summed E-state index contributed by atoms with van der Waals surface area (Å²) in [5, 5.41) is 3.13. The Labute approximate surface area is 108 Å². The van der Waals surface area contributed by atoms with Crippen LogP contribution in [-0.4, -0.2) is 44.3 Å². The Morgan fingerprint density at radius 2 is 2.18 bits per heavy atom. The van der Waals surface area contributed by atoms with Gasteiger partial charge in [-0.15, -0.1) is 0 Å². The minimum atomic E-state index is -0.798. The molecule has 0 spiro atoms. The van der Waals surface area contributed by atoms with E-state index >= 15 is 0 Å². The van der Waals surface area contributed by atoms with Crippen LogP contribution in [0.1, 0.15) is 13.3 Å². The maximum absolute atomic E-state index is 11.0. The molecule has 0 bridgehead atoms. The lowest BCUT2D eigenvalue weighted by Crippen LogP contribution is -2.19. The standard InChI is InChI=1S/C9H15ClN4O2S/c1-6(4-5-17(3)15)11-8-12-7(10)13-9(14-8)16-2/h6H,4-5H2,1-3H3,(H,11,12,13,14). The van der Waals surface area contributed by atoms with Gasteiger partial charge in [0.1, 0.15) is 0 Å². The van der Waals surface area contributed by atoms with Crippen LogP contribution in [0.4, 0.5) is 5.95 Å². The minimum Gasteiger partial charge on any atom is -0.467 e. The van der Waals surface area contributed by atoms with Gasteiger partial charge in [-0.2, -0.15) is 15.0 Å². The Kier molecular flexibility index (Phi) is 5.57. The molecule has 1 rings (SSSR count). The van der Waals surface area contributed by atoms with Crippen molar-refractivity contribution in [3.8, 4) is 6.01 Å². The number of nitrogens with one attached hydrogen (secondary N) is 1. The van der Waals surface area contributed by atoms with Crippen molar-refractivity contribution < 1.29 is 8.95 Å². The van der Waals surface area contributed by atoms with Crippen molar-refractivity contribution >= 4 is 28.3 Å². The van der Waals surface area contributed by atoms with Gasteiger partial charge in [0.05, 0.1) is 7.11 Å². The molecule has 96 valence electrons. The van der Waals surface area contributed by atoms with E-state index in [1.165, 1.54) is 7.11 Å². The van der Waals surface area contributed by atoms with Gasteiger partial charge in [-0.1, -0.05) is 0 Å². The fourth-order valence-electron chi connectivity index (χ4n) is 1.12. The molecule has 0 aromatic carbocycles. The second-order valence-corrected chi connectivity index (χ2v) is 5.42. The summed E-state index contributed by atoms with van der Waals surface area (Å²) < 4.78 is 15.8. The Hall–Kier alpha value is -0.950. The number of hydrogen-bond donors (Lipinski definition) is 1. The molecule has 0 amide bonds. The van der Waals surface area contributed by atoms with Crippen molar-refractivity contribution in [2.45, 2.75) is 19.4 Å². The first kappa shape index (κ1) is 14.1. The van der Waals surface area contributed by atoms with Crippen LogP contribution in [0.25, 0.3) is 0 Å². The molecule has 2 atom stereocenters. The smallest absolute Gasteiger partial charge is 0.322 e. The van der Waals surface area contributed by atoms with Crippen LogP contribution in [0.2, 0.25) is 5.28 Å². The number of halogens is 1. The van der Waals surface area contributed by atoms with Crippen LogP contribution < -0.4 is 10.1 Å². The van der Waals surface area contributed by atoms with Crippen LogP contribution in [0.15, 0.2) is 0 Å². The molecule has 0 aliphatic carbocycles. The average molecular weight is 279 g/mol. The van der Waals surface area contributed by atoms with Crippen LogP contribution in [0.3, 0.4) is 0 Å². The quantitative estimate of drug-likeness (QED) is 0.840. The molecule has 0 aliphatic rings. The summed E-state index contributed by atoms with van der Waals surface area (Å²) in [5.41, 5.74) is 0. The highest BCUT2D eigenvalue weighted by Gasteiger charge is 2.08. The molecule has 0 radical (unpaired) electrons. The monoisotopic (exact) mass is 278 g/mol. The van der Waals surface area contributed by atoms with Gasteiger partial charge in [0.15, 0.2) is 0 Å². The number of ether oxygens (including phenoxy) is 1. The lowest BCUT2D eigenvalue weighted by molar-refractivity contribution is 0.378. The fourth-order valence-corrected chi connectivity index (χ4v) is 1.96. The summed E-state index contributed by atoms with van der Waals surface area (Å²) >= 11 is 5.71. The average Bonchev–Trinajstić information content (AvgIpc) is 2.25. The summed E-state index contributed by atoms with van der Waals surface area (Å²) in [6, 6.07) is 0.265. The molecule has 17 heavy (non-hydrogen) atoms. The summed E-state index contributed by atoms with van der Waals surface area (Å²) in [5.74, 6) is 0.987. The molecule has 1 aromatic heterocycles. The van der Waals surface area contributed by atoms with E-state index in [1.54, 1.807) is 6.26 Å². The van der Waals surface area contributed by atoms with Gasteiger partial charge >= 0.3 is 6.01 Å². The zero-order chi connectivity index (χ0) is 12.8. The van der Waals surface area contributed by atoms with E-state index in [9.17, 15) is 4.21 Å². The van der Waals surface area contributed by atoms with E-state index in [0.717, 1.165) is 6.42 Å². The molecule has 0 saturated carbocycles. The fraction of sp³-hybridized carbons (Fsp3) is 0.667. The molecule has 0 aliphatic heterocycles. The first-order valence-corrected chi connectivity index (χ1v) is 7.14. The molecule has 0 saturated heterocycles. The van der Waals surface area contributed by atoms with Crippen molar-refractivity contribution in [2.24, 2.45) is 0 Å². The zero-order valence-corrected chi connectivity index (χ0v) is 11.5. The summed E-state index contributed by atoms with van der Waals surface area (Å²) in [7, 11) is 0.659. The van der Waals surface area contributed by atoms with E-state index in [2.05, 4.69) is 20.3 Å². The van der Waals surface area contributed by atoms with Crippen LogP contribution in [-0.2, 0) is 10.8 Å². The summed E-state index contributed by atoms with van der Waals surface area (Å²) in [6.07, 6.45) is 2.43. The Bertz CT molecular complexity index is 405. The molecule has 2 unspecified atom stereocenters. The maximum Gasteiger partial charge on any atom is 0.322 e. The van der Waals surface area contributed by atoms with Crippen molar-refractivity contribution in [1.29, 1.82) is 0 Å². The minimum absolute atomic E-state index is 0.0746. The van der Waals surface area contributed by atoms with Crippen molar-refractivity contribution in [2.75, 3.05) is 24.4 Å². The zero-order valence-electron chi connectivity index (χ0n) is 9.94. The molecular weight excluding hydrogens is 264 g/mol. The largest absolute Gasteiger partial charge is 0.467 e. The normalized spacial score (nSPS) is 14.1. The molecule has 6 nitrogen and oxygen atoms in total. The van der Waals surface area contributed by atoms with Crippen molar-refractivity contribution in [3.63, 3.8) is 0 Å². The first-order chi connectivity index (χ1) is 8.01. The number of anilines is 1. The predicted octanol–water partition coefficient (Wildman–Crippen LogP) is 1.10. The summed E-state index contributed by atoms with van der Waals surface area (Å²) in [4.78, 5) is 11.7. The van der Waals surface area contributed by atoms with Gasteiger partial charge in [0.2, 0.25) is 11.2 Å². The Morgan fingerprint density at radius 1 is 1.47 bits per heavy atom.